The maximum absolute atomic E-state index is 14.6. The third-order valence-corrected chi connectivity index (χ3v) is 5.99. The molecule has 3 rings (SSSR count). The van der Waals surface area contributed by atoms with Gasteiger partial charge in [0, 0.05) is 23.7 Å². The molecule has 0 bridgehead atoms. The molecule has 12 heteroatoms. The number of halogens is 1. The Morgan fingerprint density at radius 1 is 1.13 bits per heavy atom. The molecule has 0 radical (unpaired) electrons. The van der Waals surface area contributed by atoms with E-state index in [0.29, 0.717) is 11.1 Å². The Hall–Kier alpha value is -2.93. The summed E-state index contributed by atoms with van der Waals surface area (Å²) in [4.78, 5) is 11.6. The molecule has 38 heavy (non-hydrogen) atoms. The standard InChI is InChI=1S/C26H37FN2O9/c1-7-34-26(33)35-12-20-21(30)22(31)23(32)25(37-20)38-24-17(15(6)29(28-24)13(2)3)10-16-8-9-19(18(27)11-16)36-14(4)5/h8-9,11,13-14,20-23,25,30-32H,7,10,12H2,1-6H3/t20-,21-,22+,23-,25+/m1/s1. The monoisotopic (exact) mass is 540 g/mol. The van der Waals surface area contributed by atoms with Crippen LogP contribution in [-0.2, 0) is 20.6 Å². The minimum absolute atomic E-state index is 0.0417. The van der Waals surface area contributed by atoms with Crippen LogP contribution in [0.2, 0.25) is 0 Å². The summed E-state index contributed by atoms with van der Waals surface area (Å²) < 4.78 is 43.0. The molecule has 0 saturated carbocycles. The highest BCUT2D eigenvalue weighted by atomic mass is 19.1. The van der Waals surface area contributed by atoms with E-state index >= 15 is 0 Å². The molecule has 212 valence electrons. The molecule has 1 aliphatic heterocycles. The summed E-state index contributed by atoms with van der Waals surface area (Å²) in [5.41, 5.74) is 2.01. The van der Waals surface area contributed by atoms with Gasteiger partial charge < -0.3 is 39.0 Å². The normalized spacial score (nSPS) is 23.5. The number of carbonyl (C=O) groups excluding carboxylic acids is 1. The highest BCUT2D eigenvalue weighted by Gasteiger charge is 2.46. The minimum atomic E-state index is -1.65. The Bertz CT molecular complexity index is 1090. The molecule has 3 N–H and O–H groups in total. The van der Waals surface area contributed by atoms with E-state index in [1.54, 1.807) is 23.7 Å². The number of ether oxygens (including phenoxy) is 5. The second-order valence-corrected chi connectivity index (χ2v) is 9.64. The fourth-order valence-electron chi connectivity index (χ4n) is 4.11. The smallest absolute Gasteiger partial charge is 0.488 e. The van der Waals surface area contributed by atoms with Crippen LogP contribution in [0.5, 0.6) is 11.6 Å². The zero-order valence-corrected chi connectivity index (χ0v) is 22.5. The first kappa shape index (κ1) is 29.6. The van der Waals surface area contributed by atoms with Crippen LogP contribution < -0.4 is 9.47 Å². The first-order valence-corrected chi connectivity index (χ1v) is 12.6. The fraction of sp³-hybridized carbons (Fsp3) is 0.615. The van der Waals surface area contributed by atoms with Gasteiger partial charge in [-0.15, -0.1) is 5.10 Å². The van der Waals surface area contributed by atoms with Crippen LogP contribution in [0.15, 0.2) is 18.2 Å². The van der Waals surface area contributed by atoms with Crippen molar-refractivity contribution in [1.82, 2.24) is 9.78 Å². The van der Waals surface area contributed by atoms with Crippen LogP contribution in [0.1, 0.15) is 57.5 Å². The molecular weight excluding hydrogens is 503 g/mol. The quantitative estimate of drug-likeness (QED) is 0.385. The molecule has 0 unspecified atom stereocenters. The second-order valence-electron chi connectivity index (χ2n) is 9.64. The zero-order chi connectivity index (χ0) is 28.1. The summed E-state index contributed by atoms with van der Waals surface area (Å²) >= 11 is 0. The molecule has 1 saturated heterocycles. The van der Waals surface area contributed by atoms with Gasteiger partial charge in [-0.25, -0.2) is 9.18 Å². The van der Waals surface area contributed by atoms with Crippen LogP contribution in [0.4, 0.5) is 9.18 Å². The highest BCUT2D eigenvalue weighted by Crippen LogP contribution is 2.31. The number of hydrogen-bond acceptors (Lipinski definition) is 10. The highest BCUT2D eigenvalue weighted by molar-refractivity contribution is 5.59. The average molecular weight is 541 g/mol. The molecule has 0 spiro atoms. The summed E-state index contributed by atoms with van der Waals surface area (Å²) in [7, 11) is 0. The number of aliphatic hydroxyl groups is 3. The van der Waals surface area contributed by atoms with Gasteiger partial charge in [0.15, 0.2) is 11.6 Å². The fourth-order valence-corrected chi connectivity index (χ4v) is 4.11. The Kier molecular flexibility index (Phi) is 9.94. The van der Waals surface area contributed by atoms with Crippen molar-refractivity contribution in [2.24, 2.45) is 0 Å². The van der Waals surface area contributed by atoms with Crippen molar-refractivity contribution in [3.63, 3.8) is 0 Å². The number of hydrogen-bond donors (Lipinski definition) is 3. The predicted molar refractivity (Wildman–Crippen MR) is 133 cm³/mol. The molecule has 1 fully saturated rings. The van der Waals surface area contributed by atoms with E-state index in [-0.39, 0.29) is 36.8 Å². The largest absolute Gasteiger partial charge is 0.508 e. The SMILES string of the molecule is CCOC(=O)OC[C@H]1O[C@@H](Oc2nn(C(C)C)c(C)c2Cc2ccc(OC(C)C)c(F)c2)[C@H](O)[C@@H](O)[C@@H]1O. The van der Waals surface area contributed by atoms with Gasteiger partial charge in [0.1, 0.15) is 31.0 Å². The molecule has 2 aromatic rings. The van der Waals surface area contributed by atoms with Crippen molar-refractivity contribution >= 4 is 6.16 Å². The van der Waals surface area contributed by atoms with E-state index in [1.165, 1.54) is 6.07 Å². The number of nitrogens with zero attached hydrogens (tertiary/aromatic N) is 2. The van der Waals surface area contributed by atoms with Gasteiger partial charge in [-0.1, -0.05) is 6.07 Å². The van der Waals surface area contributed by atoms with Gasteiger partial charge in [0.05, 0.1) is 12.7 Å². The molecule has 1 aromatic carbocycles. The van der Waals surface area contributed by atoms with Gasteiger partial charge >= 0.3 is 6.16 Å². The maximum Gasteiger partial charge on any atom is 0.508 e. The van der Waals surface area contributed by atoms with E-state index in [1.807, 2.05) is 34.6 Å². The van der Waals surface area contributed by atoms with Gasteiger partial charge in [0.2, 0.25) is 12.2 Å². The molecule has 1 aliphatic rings. The molecule has 5 atom stereocenters. The van der Waals surface area contributed by atoms with Gasteiger partial charge in [-0.05, 0) is 59.2 Å². The zero-order valence-electron chi connectivity index (χ0n) is 22.5. The van der Waals surface area contributed by atoms with Crippen LogP contribution in [0.25, 0.3) is 0 Å². The van der Waals surface area contributed by atoms with E-state index < -0.39 is 49.3 Å². The first-order chi connectivity index (χ1) is 17.9. The third-order valence-electron chi connectivity index (χ3n) is 5.99. The van der Waals surface area contributed by atoms with Gasteiger partial charge in [0.25, 0.3) is 0 Å². The van der Waals surface area contributed by atoms with Crippen molar-refractivity contribution < 1.29 is 48.2 Å². The molecule has 0 aliphatic carbocycles. The van der Waals surface area contributed by atoms with Crippen molar-refractivity contribution in [2.75, 3.05) is 13.2 Å². The number of carbonyl (C=O) groups is 1. The predicted octanol–water partition coefficient (Wildman–Crippen LogP) is 2.65. The van der Waals surface area contributed by atoms with E-state index in [0.717, 1.165) is 5.69 Å². The van der Waals surface area contributed by atoms with E-state index in [9.17, 15) is 24.5 Å². The van der Waals surface area contributed by atoms with Crippen molar-refractivity contribution in [1.29, 1.82) is 0 Å². The Labute approximate surface area is 221 Å². The lowest BCUT2D eigenvalue weighted by molar-refractivity contribution is -0.278. The van der Waals surface area contributed by atoms with Crippen LogP contribution in [0.3, 0.4) is 0 Å². The van der Waals surface area contributed by atoms with Crippen molar-refractivity contribution in [2.45, 2.75) is 90.8 Å². The lowest BCUT2D eigenvalue weighted by Crippen LogP contribution is -2.60. The lowest BCUT2D eigenvalue weighted by atomic mass is 9.99. The van der Waals surface area contributed by atoms with E-state index in [4.69, 9.17) is 23.7 Å². The van der Waals surface area contributed by atoms with E-state index in [2.05, 4.69) is 5.10 Å². The minimum Gasteiger partial charge on any atom is -0.488 e. The average Bonchev–Trinajstić information content (AvgIpc) is 3.15. The number of aromatic nitrogens is 2. The third kappa shape index (κ3) is 6.93. The summed E-state index contributed by atoms with van der Waals surface area (Å²) in [6, 6.07) is 4.64. The van der Waals surface area contributed by atoms with Gasteiger partial charge in [-0.3, -0.25) is 4.68 Å². The Balaban J connectivity index is 1.85. The maximum atomic E-state index is 14.6. The van der Waals surface area contributed by atoms with Crippen molar-refractivity contribution in [3.8, 4) is 11.6 Å². The molecular formula is C26H37FN2O9. The van der Waals surface area contributed by atoms with Crippen LogP contribution >= 0.6 is 0 Å². The summed E-state index contributed by atoms with van der Waals surface area (Å²) in [6.07, 6.45) is -8.39. The Morgan fingerprint density at radius 2 is 1.84 bits per heavy atom. The molecule has 1 aromatic heterocycles. The first-order valence-electron chi connectivity index (χ1n) is 12.6. The summed E-state index contributed by atoms with van der Waals surface area (Å²) in [5.74, 6) is -0.242. The molecule has 2 heterocycles. The number of rotatable bonds is 10. The Morgan fingerprint density at radius 3 is 2.45 bits per heavy atom. The molecule has 0 amide bonds. The second kappa shape index (κ2) is 12.7. The van der Waals surface area contributed by atoms with Gasteiger partial charge in [-0.2, -0.15) is 0 Å². The van der Waals surface area contributed by atoms with Crippen molar-refractivity contribution in [3.05, 3.63) is 40.8 Å². The van der Waals surface area contributed by atoms with Crippen LogP contribution in [-0.4, -0.2) is 81.3 Å². The summed E-state index contributed by atoms with van der Waals surface area (Å²) in [5, 5.41) is 35.8. The molecule has 11 nitrogen and oxygen atoms in total. The van der Waals surface area contributed by atoms with Crippen LogP contribution in [0, 0.1) is 12.7 Å². The topological polar surface area (TPSA) is 142 Å². The number of benzene rings is 1. The number of aliphatic hydroxyl groups excluding tert-OH is 3. The summed E-state index contributed by atoms with van der Waals surface area (Å²) in [6.45, 7) is 10.6. The lowest BCUT2D eigenvalue weighted by Gasteiger charge is -2.39.